The van der Waals surface area contributed by atoms with Crippen LogP contribution in [0.25, 0.3) is 0 Å². The van der Waals surface area contributed by atoms with Crippen molar-refractivity contribution in [2.24, 2.45) is 5.92 Å². The highest BCUT2D eigenvalue weighted by molar-refractivity contribution is 6.31. The molecule has 1 saturated heterocycles. The average molecular weight is 381 g/mol. The molecular weight excluding hydrogens is 362 g/mol. The summed E-state index contributed by atoms with van der Waals surface area (Å²) in [7, 11) is 0. The summed E-state index contributed by atoms with van der Waals surface area (Å²) in [5.74, 6) is -0.653. The van der Waals surface area contributed by atoms with Crippen LogP contribution in [0.15, 0.2) is 42.5 Å². The number of hydrogen-bond donors (Lipinski definition) is 1. The van der Waals surface area contributed by atoms with Gasteiger partial charge in [-0.25, -0.2) is 4.39 Å². The van der Waals surface area contributed by atoms with Gasteiger partial charge < -0.3 is 5.32 Å². The Morgan fingerprint density at radius 2 is 2.08 bits per heavy atom. The Bertz CT molecular complexity index is 769. The third-order valence-electron chi connectivity index (χ3n) is 4.36. The number of hydrogen-bond acceptors (Lipinski definition) is 2. The van der Waals surface area contributed by atoms with Gasteiger partial charge in [0.1, 0.15) is 5.82 Å². The number of carbonyl (C=O) groups excluding carboxylic acids is 1. The zero-order chi connectivity index (χ0) is 17.8. The smallest absolute Gasteiger partial charge is 0.228 e. The van der Waals surface area contributed by atoms with Crippen LogP contribution in [0, 0.1) is 11.7 Å². The van der Waals surface area contributed by atoms with Crippen molar-refractivity contribution < 1.29 is 9.18 Å². The molecule has 1 aliphatic rings. The summed E-state index contributed by atoms with van der Waals surface area (Å²) in [6, 6.07) is 12.0. The fourth-order valence-corrected chi connectivity index (χ4v) is 3.52. The van der Waals surface area contributed by atoms with E-state index in [-0.39, 0.29) is 16.8 Å². The van der Waals surface area contributed by atoms with Crippen LogP contribution >= 0.6 is 23.2 Å². The standard InChI is InChI=1S/C19H19Cl2FN2O/c20-15-5-1-3-13(9-15)11-24-8-2-4-14(12-24)19(25)23-16-6-7-18(22)17(21)10-16/h1,3,5-7,9-10,14H,2,4,8,11-12H2,(H,23,25). The number of nitrogens with one attached hydrogen (secondary N) is 1. The maximum Gasteiger partial charge on any atom is 0.228 e. The fourth-order valence-electron chi connectivity index (χ4n) is 3.12. The second kappa shape index (κ2) is 8.17. The van der Waals surface area contributed by atoms with Crippen molar-refractivity contribution in [1.82, 2.24) is 4.90 Å². The minimum atomic E-state index is -0.495. The van der Waals surface area contributed by atoms with E-state index in [9.17, 15) is 9.18 Å². The molecule has 1 unspecified atom stereocenters. The molecule has 2 aromatic carbocycles. The summed E-state index contributed by atoms with van der Waals surface area (Å²) >= 11 is 11.8. The quantitative estimate of drug-likeness (QED) is 0.810. The van der Waals surface area contributed by atoms with Crippen molar-refractivity contribution in [3.8, 4) is 0 Å². The van der Waals surface area contributed by atoms with Crippen LogP contribution in [0.4, 0.5) is 10.1 Å². The first-order chi connectivity index (χ1) is 12.0. The molecule has 0 bridgehead atoms. The summed E-state index contributed by atoms with van der Waals surface area (Å²) in [6.45, 7) is 2.42. The highest BCUT2D eigenvalue weighted by Crippen LogP contribution is 2.23. The van der Waals surface area contributed by atoms with E-state index >= 15 is 0 Å². The highest BCUT2D eigenvalue weighted by atomic mass is 35.5. The molecule has 1 amide bonds. The Hall–Kier alpha value is -1.62. The number of nitrogens with zero attached hydrogens (tertiary/aromatic N) is 1. The summed E-state index contributed by atoms with van der Waals surface area (Å²) in [5, 5.41) is 3.56. The Morgan fingerprint density at radius 1 is 1.24 bits per heavy atom. The fraction of sp³-hybridized carbons (Fsp3) is 0.316. The van der Waals surface area contributed by atoms with Crippen molar-refractivity contribution >= 4 is 34.8 Å². The number of benzene rings is 2. The average Bonchev–Trinajstić information content (AvgIpc) is 2.58. The molecule has 132 valence electrons. The number of halogens is 3. The van der Waals surface area contributed by atoms with Crippen molar-refractivity contribution in [1.29, 1.82) is 0 Å². The Labute approximate surface area is 156 Å². The predicted octanol–water partition coefficient (Wildman–Crippen LogP) is 4.98. The zero-order valence-electron chi connectivity index (χ0n) is 13.6. The first kappa shape index (κ1) is 18.2. The van der Waals surface area contributed by atoms with E-state index in [1.54, 1.807) is 0 Å². The lowest BCUT2D eigenvalue weighted by molar-refractivity contribution is -0.121. The van der Waals surface area contributed by atoms with Crippen LogP contribution < -0.4 is 5.32 Å². The molecule has 2 aromatic rings. The molecule has 0 aromatic heterocycles. The molecule has 1 fully saturated rings. The molecule has 3 rings (SSSR count). The molecule has 6 heteroatoms. The van der Waals surface area contributed by atoms with Gasteiger partial charge in [0.05, 0.1) is 10.9 Å². The lowest BCUT2D eigenvalue weighted by Crippen LogP contribution is -2.40. The minimum Gasteiger partial charge on any atom is -0.326 e. The maximum atomic E-state index is 13.2. The van der Waals surface area contributed by atoms with Crippen LogP contribution in [-0.2, 0) is 11.3 Å². The molecule has 1 N–H and O–H groups in total. The van der Waals surface area contributed by atoms with E-state index in [1.807, 2.05) is 24.3 Å². The second-order valence-electron chi connectivity index (χ2n) is 6.32. The number of piperidine rings is 1. The van der Waals surface area contributed by atoms with E-state index in [2.05, 4.69) is 10.2 Å². The van der Waals surface area contributed by atoms with E-state index in [4.69, 9.17) is 23.2 Å². The molecule has 0 aliphatic carbocycles. The lowest BCUT2D eigenvalue weighted by atomic mass is 9.96. The van der Waals surface area contributed by atoms with Gasteiger partial charge in [0.2, 0.25) is 5.91 Å². The second-order valence-corrected chi connectivity index (χ2v) is 7.17. The van der Waals surface area contributed by atoms with Crippen LogP contribution in [0.2, 0.25) is 10.0 Å². The molecule has 1 aliphatic heterocycles. The summed E-state index contributed by atoms with van der Waals surface area (Å²) in [6.07, 6.45) is 1.80. The van der Waals surface area contributed by atoms with Crippen molar-refractivity contribution in [3.63, 3.8) is 0 Å². The molecular formula is C19H19Cl2FN2O. The number of rotatable bonds is 4. The number of amides is 1. The maximum absolute atomic E-state index is 13.2. The van der Waals surface area contributed by atoms with Gasteiger partial charge in [0.25, 0.3) is 0 Å². The van der Waals surface area contributed by atoms with E-state index in [0.717, 1.165) is 36.5 Å². The minimum absolute atomic E-state index is 0.00373. The summed E-state index contributed by atoms with van der Waals surface area (Å²) < 4.78 is 13.2. The molecule has 1 atom stereocenters. The molecule has 0 saturated carbocycles. The summed E-state index contributed by atoms with van der Waals surface area (Å²) in [4.78, 5) is 14.8. The van der Waals surface area contributed by atoms with E-state index < -0.39 is 5.82 Å². The van der Waals surface area contributed by atoms with E-state index in [0.29, 0.717) is 12.2 Å². The first-order valence-electron chi connectivity index (χ1n) is 8.24. The van der Waals surface area contributed by atoms with Gasteiger partial charge in [-0.2, -0.15) is 0 Å². The third-order valence-corrected chi connectivity index (χ3v) is 4.88. The molecule has 0 spiro atoms. The largest absolute Gasteiger partial charge is 0.326 e. The third kappa shape index (κ3) is 4.94. The molecule has 1 heterocycles. The zero-order valence-corrected chi connectivity index (χ0v) is 15.2. The number of anilines is 1. The highest BCUT2D eigenvalue weighted by Gasteiger charge is 2.26. The predicted molar refractivity (Wildman–Crippen MR) is 99.5 cm³/mol. The number of carbonyl (C=O) groups is 1. The molecule has 0 radical (unpaired) electrons. The van der Waals surface area contributed by atoms with Crippen molar-refractivity contribution in [3.05, 3.63) is 63.9 Å². The van der Waals surface area contributed by atoms with Gasteiger partial charge >= 0.3 is 0 Å². The van der Waals surface area contributed by atoms with Crippen molar-refractivity contribution in [2.75, 3.05) is 18.4 Å². The SMILES string of the molecule is O=C(Nc1ccc(F)c(Cl)c1)C1CCCN(Cc2cccc(Cl)c2)C1. The van der Waals surface area contributed by atoms with Gasteiger partial charge in [0.15, 0.2) is 0 Å². The van der Waals surface area contributed by atoms with Crippen LogP contribution in [0.1, 0.15) is 18.4 Å². The summed E-state index contributed by atoms with van der Waals surface area (Å²) in [5.41, 5.74) is 1.65. The number of likely N-dealkylation sites (tertiary alicyclic amines) is 1. The van der Waals surface area contributed by atoms with Gasteiger partial charge in [0, 0.05) is 23.8 Å². The van der Waals surface area contributed by atoms with Crippen LogP contribution in [0.3, 0.4) is 0 Å². The van der Waals surface area contributed by atoms with Crippen LogP contribution in [-0.4, -0.2) is 23.9 Å². The monoisotopic (exact) mass is 380 g/mol. The first-order valence-corrected chi connectivity index (χ1v) is 8.99. The van der Waals surface area contributed by atoms with Crippen LogP contribution in [0.5, 0.6) is 0 Å². The lowest BCUT2D eigenvalue weighted by Gasteiger charge is -2.32. The van der Waals surface area contributed by atoms with Gasteiger partial charge in [-0.3, -0.25) is 9.69 Å². The molecule has 25 heavy (non-hydrogen) atoms. The molecule has 3 nitrogen and oxygen atoms in total. The van der Waals surface area contributed by atoms with Crippen molar-refractivity contribution in [2.45, 2.75) is 19.4 Å². The van der Waals surface area contributed by atoms with Gasteiger partial charge in [-0.1, -0.05) is 35.3 Å². The van der Waals surface area contributed by atoms with E-state index in [1.165, 1.54) is 18.2 Å². The Kier molecular flexibility index (Phi) is 5.94. The Morgan fingerprint density at radius 3 is 2.84 bits per heavy atom. The van der Waals surface area contributed by atoms with Gasteiger partial charge in [-0.15, -0.1) is 0 Å². The van der Waals surface area contributed by atoms with Gasteiger partial charge in [-0.05, 0) is 55.3 Å². The topological polar surface area (TPSA) is 32.3 Å². The Balaban J connectivity index is 1.60. The normalized spacial score (nSPS) is 18.1.